The molecule has 0 saturated heterocycles. The van der Waals surface area contributed by atoms with Crippen LogP contribution >= 0.6 is 11.6 Å². The molecular formula is C15H11ClFN3O2. The molecule has 2 aromatic rings. The summed E-state index contributed by atoms with van der Waals surface area (Å²) in [6.45, 7) is 8.74. The van der Waals surface area contributed by atoms with Crippen molar-refractivity contribution in [3.8, 4) is 0 Å². The zero-order chi connectivity index (χ0) is 16.3. The minimum Gasteiger partial charge on any atom is -0.465 e. The van der Waals surface area contributed by atoms with Crippen LogP contribution in [0.25, 0.3) is 4.85 Å². The van der Waals surface area contributed by atoms with Gasteiger partial charge in [0.25, 0.3) is 5.82 Å². The molecule has 1 heterocycles. The van der Waals surface area contributed by atoms with Gasteiger partial charge in [0.2, 0.25) is 5.82 Å². The van der Waals surface area contributed by atoms with Crippen molar-refractivity contribution in [2.45, 2.75) is 6.92 Å². The molecule has 22 heavy (non-hydrogen) atoms. The van der Waals surface area contributed by atoms with E-state index in [4.69, 9.17) is 18.2 Å². The minimum atomic E-state index is -0.645. The Morgan fingerprint density at radius 2 is 2.18 bits per heavy atom. The Morgan fingerprint density at radius 3 is 2.77 bits per heavy atom. The van der Waals surface area contributed by atoms with E-state index in [0.29, 0.717) is 11.3 Å². The number of aromatic nitrogens is 1. The summed E-state index contributed by atoms with van der Waals surface area (Å²) in [5.41, 5.74) is 1.26. The predicted octanol–water partition coefficient (Wildman–Crippen LogP) is 4.26. The number of esters is 1. The number of ether oxygens (including phenoxy) is 1. The molecule has 0 aliphatic carbocycles. The van der Waals surface area contributed by atoms with Crippen LogP contribution in [0, 0.1) is 19.3 Å². The molecule has 7 heteroatoms. The van der Waals surface area contributed by atoms with Crippen molar-refractivity contribution >= 4 is 34.9 Å². The Balaban J connectivity index is 2.53. The molecule has 0 fully saturated rings. The van der Waals surface area contributed by atoms with E-state index in [9.17, 15) is 9.18 Å². The van der Waals surface area contributed by atoms with Gasteiger partial charge in [-0.15, -0.1) is 0 Å². The maximum absolute atomic E-state index is 13.1. The lowest BCUT2D eigenvalue weighted by Crippen LogP contribution is -2.08. The Morgan fingerprint density at radius 1 is 1.45 bits per heavy atom. The summed E-state index contributed by atoms with van der Waals surface area (Å²) in [5, 5.41) is 2.96. The van der Waals surface area contributed by atoms with E-state index in [0.717, 1.165) is 0 Å². The molecular weight excluding hydrogens is 309 g/mol. The SMILES string of the molecule is [C-]#[N+]c1nc(Nc2ccc(F)cc2C)c(C(=O)OC)cc1Cl. The van der Waals surface area contributed by atoms with E-state index in [2.05, 4.69) is 19.9 Å². The van der Waals surface area contributed by atoms with Crippen LogP contribution in [0.3, 0.4) is 0 Å². The van der Waals surface area contributed by atoms with Crippen LogP contribution in [0.1, 0.15) is 15.9 Å². The number of rotatable bonds is 3. The first-order chi connectivity index (χ1) is 10.5. The number of benzene rings is 1. The number of halogens is 2. The highest BCUT2D eigenvalue weighted by Gasteiger charge is 2.21. The van der Waals surface area contributed by atoms with Gasteiger partial charge < -0.3 is 14.9 Å². The molecule has 0 radical (unpaired) electrons. The highest BCUT2D eigenvalue weighted by atomic mass is 35.5. The Labute approximate surface area is 131 Å². The maximum Gasteiger partial charge on any atom is 0.343 e. The standard InChI is InChI=1S/C15H11ClFN3O2/c1-8-6-9(17)4-5-12(8)19-13-10(15(21)22-3)7-11(16)14(18-2)20-13/h4-7H,1,3H3,(H,19,20). The third-order valence-corrected chi connectivity index (χ3v) is 3.19. The number of aryl methyl sites for hydroxylation is 1. The number of carbonyl (C=O) groups excluding carboxylic acids is 1. The number of carbonyl (C=O) groups is 1. The number of pyridine rings is 1. The minimum absolute atomic E-state index is 0.0448. The highest BCUT2D eigenvalue weighted by molar-refractivity contribution is 6.33. The molecule has 0 bridgehead atoms. The lowest BCUT2D eigenvalue weighted by molar-refractivity contribution is 0.0601. The summed E-state index contributed by atoms with van der Waals surface area (Å²) in [4.78, 5) is 19.0. The average Bonchev–Trinajstić information content (AvgIpc) is 2.50. The van der Waals surface area contributed by atoms with Gasteiger partial charge in [-0.3, -0.25) is 0 Å². The molecule has 1 aromatic heterocycles. The maximum atomic E-state index is 13.1. The number of methoxy groups -OCH3 is 1. The smallest absolute Gasteiger partial charge is 0.343 e. The molecule has 0 unspecified atom stereocenters. The lowest BCUT2D eigenvalue weighted by Gasteiger charge is -2.10. The van der Waals surface area contributed by atoms with E-state index in [-0.39, 0.29) is 28.0 Å². The van der Waals surface area contributed by atoms with E-state index in [1.165, 1.54) is 31.4 Å². The molecule has 0 amide bonds. The molecule has 2 rings (SSSR count). The second-order valence-corrected chi connectivity index (χ2v) is 4.78. The monoisotopic (exact) mass is 319 g/mol. The number of nitrogens with zero attached hydrogens (tertiary/aromatic N) is 2. The number of anilines is 2. The molecule has 5 nitrogen and oxygen atoms in total. The van der Waals surface area contributed by atoms with Crippen molar-refractivity contribution in [2.24, 2.45) is 0 Å². The van der Waals surface area contributed by atoms with Crippen LogP contribution in [-0.4, -0.2) is 18.1 Å². The lowest BCUT2D eigenvalue weighted by atomic mass is 10.2. The fraction of sp³-hybridized carbons (Fsp3) is 0.133. The Bertz CT molecular complexity index is 787. The van der Waals surface area contributed by atoms with Crippen LogP contribution in [0.2, 0.25) is 5.02 Å². The van der Waals surface area contributed by atoms with Gasteiger partial charge in [-0.25, -0.2) is 9.18 Å². The van der Waals surface area contributed by atoms with Gasteiger partial charge in [0, 0.05) is 5.69 Å². The second kappa shape index (κ2) is 6.41. The van der Waals surface area contributed by atoms with Crippen molar-refractivity contribution < 1.29 is 13.9 Å². The van der Waals surface area contributed by atoms with E-state index in [1.807, 2.05) is 0 Å². The molecule has 0 aliphatic rings. The number of nitrogens with one attached hydrogen (secondary N) is 1. The van der Waals surface area contributed by atoms with E-state index < -0.39 is 5.97 Å². The summed E-state index contributed by atoms with van der Waals surface area (Å²) in [6, 6.07) is 5.44. The third-order valence-electron chi connectivity index (χ3n) is 2.91. The van der Waals surface area contributed by atoms with Gasteiger partial charge in [0.1, 0.15) is 11.4 Å². The molecule has 0 saturated carbocycles. The average molecular weight is 320 g/mol. The van der Waals surface area contributed by atoms with Crippen LogP contribution < -0.4 is 5.32 Å². The topological polar surface area (TPSA) is 55.6 Å². The third kappa shape index (κ3) is 3.15. The quantitative estimate of drug-likeness (QED) is 0.678. The van der Waals surface area contributed by atoms with Crippen LogP contribution in [0.4, 0.5) is 21.7 Å². The van der Waals surface area contributed by atoms with Crippen molar-refractivity contribution in [2.75, 3.05) is 12.4 Å². The molecule has 1 aromatic carbocycles. The van der Waals surface area contributed by atoms with Gasteiger partial charge in [-0.1, -0.05) is 23.2 Å². The summed E-state index contributed by atoms with van der Waals surface area (Å²) in [7, 11) is 1.23. The summed E-state index contributed by atoms with van der Waals surface area (Å²) in [5.74, 6) is -0.941. The summed E-state index contributed by atoms with van der Waals surface area (Å²) >= 11 is 5.90. The Hall–Kier alpha value is -2.65. The van der Waals surface area contributed by atoms with Gasteiger partial charge in [-0.05, 0) is 36.8 Å². The zero-order valence-electron chi connectivity index (χ0n) is 11.8. The first-order valence-electron chi connectivity index (χ1n) is 6.15. The Kier molecular flexibility index (Phi) is 4.59. The van der Waals surface area contributed by atoms with Crippen LogP contribution in [-0.2, 0) is 4.74 Å². The normalized spacial score (nSPS) is 9.95. The van der Waals surface area contributed by atoms with Crippen molar-refractivity contribution in [3.05, 3.63) is 57.6 Å². The summed E-state index contributed by atoms with van der Waals surface area (Å²) in [6.07, 6.45) is 0. The van der Waals surface area contributed by atoms with E-state index >= 15 is 0 Å². The predicted molar refractivity (Wildman–Crippen MR) is 81.3 cm³/mol. The van der Waals surface area contributed by atoms with E-state index in [1.54, 1.807) is 6.92 Å². The molecule has 0 spiro atoms. The van der Waals surface area contributed by atoms with Crippen LogP contribution in [0.15, 0.2) is 24.3 Å². The fourth-order valence-electron chi connectivity index (χ4n) is 1.81. The largest absolute Gasteiger partial charge is 0.465 e. The highest BCUT2D eigenvalue weighted by Crippen LogP contribution is 2.30. The van der Waals surface area contributed by atoms with Gasteiger partial charge in [0.05, 0.1) is 12.1 Å². The van der Waals surface area contributed by atoms with Crippen molar-refractivity contribution in [1.82, 2.24) is 4.98 Å². The zero-order valence-corrected chi connectivity index (χ0v) is 12.5. The molecule has 112 valence electrons. The molecule has 0 atom stereocenters. The number of hydrogen-bond acceptors (Lipinski definition) is 4. The molecule has 0 aliphatic heterocycles. The summed E-state index contributed by atoms with van der Waals surface area (Å²) < 4.78 is 17.8. The van der Waals surface area contributed by atoms with Crippen molar-refractivity contribution in [3.63, 3.8) is 0 Å². The fourth-order valence-corrected chi connectivity index (χ4v) is 2.01. The van der Waals surface area contributed by atoms with Gasteiger partial charge >= 0.3 is 5.97 Å². The van der Waals surface area contributed by atoms with Gasteiger partial charge in [0.15, 0.2) is 0 Å². The first-order valence-corrected chi connectivity index (χ1v) is 6.53. The van der Waals surface area contributed by atoms with Crippen molar-refractivity contribution in [1.29, 1.82) is 0 Å². The van der Waals surface area contributed by atoms with Gasteiger partial charge in [-0.2, -0.15) is 0 Å². The molecule has 1 N–H and O–H groups in total. The van der Waals surface area contributed by atoms with Crippen LogP contribution in [0.5, 0.6) is 0 Å². The number of hydrogen-bond donors (Lipinski definition) is 1. The second-order valence-electron chi connectivity index (χ2n) is 4.38. The first kappa shape index (κ1) is 15.7.